The number of nitrogens with zero attached hydrogens (tertiary/aromatic N) is 3. The van der Waals surface area contributed by atoms with E-state index in [0.717, 1.165) is 37.6 Å². The zero-order valence-electron chi connectivity index (χ0n) is 15.4. The van der Waals surface area contributed by atoms with E-state index in [1.54, 1.807) is 19.2 Å². The monoisotopic (exact) mass is 365 g/mol. The van der Waals surface area contributed by atoms with Gasteiger partial charge in [-0.2, -0.15) is 0 Å². The third kappa shape index (κ3) is 3.40. The second-order valence-electron chi connectivity index (χ2n) is 6.84. The first-order valence-electron chi connectivity index (χ1n) is 9.22. The van der Waals surface area contributed by atoms with Crippen molar-refractivity contribution in [1.29, 1.82) is 0 Å². The molecule has 0 spiro atoms. The number of methoxy groups -OCH3 is 1. The summed E-state index contributed by atoms with van der Waals surface area (Å²) in [4.78, 5) is 31.1. The highest BCUT2D eigenvalue weighted by molar-refractivity contribution is 6.22. The zero-order valence-corrected chi connectivity index (χ0v) is 15.4. The minimum Gasteiger partial charge on any atom is -0.497 e. The fraction of sp³-hybridized carbons (Fsp3) is 0.333. The van der Waals surface area contributed by atoms with Gasteiger partial charge in [-0.1, -0.05) is 18.2 Å². The minimum atomic E-state index is -0.351. The van der Waals surface area contributed by atoms with Crippen LogP contribution in [0.1, 0.15) is 6.42 Å². The van der Waals surface area contributed by atoms with Gasteiger partial charge in [0.05, 0.1) is 25.3 Å². The Labute approximate surface area is 158 Å². The molecule has 0 bridgehead atoms. The van der Waals surface area contributed by atoms with Gasteiger partial charge in [0, 0.05) is 31.9 Å². The normalized spacial score (nSPS) is 21.0. The summed E-state index contributed by atoms with van der Waals surface area (Å²) in [5.41, 5.74) is 1.81. The van der Waals surface area contributed by atoms with Crippen LogP contribution in [0.3, 0.4) is 0 Å². The van der Waals surface area contributed by atoms with Crippen LogP contribution in [0.25, 0.3) is 0 Å². The fourth-order valence-electron chi connectivity index (χ4n) is 3.83. The molecule has 2 aliphatic rings. The predicted molar refractivity (Wildman–Crippen MR) is 104 cm³/mol. The van der Waals surface area contributed by atoms with Crippen molar-refractivity contribution in [3.63, 3.8) is 0 Å². The van der Waals surface area contributed by atoms with Crippen LogP contribution in [-0.4, -0.2) is 56.0 Å². The van der Waals surface area contributed by atoms with Crippen molar-refractivity contribution in [3.05, 3.63) is 54.6 Å². The van der Waals surface area contributed by atoms with Crippen molar-refractivity contribution in [3.8, 4) is 5.75 Å². The largest absolute Gasteiger partial charge is 0.497 e. The molecule has 4 rings (SSSR count). The second kappa shape index (κ2) is 7.40. The summed E-state index contributed by atoms with van der Waals surface area (Å²) in [5, 5.41) is 0. The maximum absolute atomic E-state index is 12.9. The third-order valence-corrected chi connectivity index (χ3v) is 5.33. The summed E-state index contributed by atoms with van der Waals surface area (Å²) >= 11 is 0. The van der Waals surface area contributed by atoms with Gasteiger partial charge in [0.1, 0.15) is 5.75 Å². The molecule has 2 amide bonds. The number of para-hydroxylation sites is 1. The molecule has 2 aliphatic heterocycles. The van der Waals surface area contributed by atoms with E-state index in [1.807, 2.05) is 30.3 Å². The molecule has 27 heavy (non-hydrogen) atoms. The molecule has 6 nitrogen and oxygen atoms in total. The van der Waals surface area contributed by atoms with E-state index >= 15 is 0 Å². The Morgan fingerprint density at radius 1 is 0.852 bits per heavy atom. The summed E-state index contributed by atoms with van der Waals surface area (Å²) < 4.78 is 5.21. The van der Waals surface area contributed by atoms with E-state index in [4.69, 9.17) is 4.74 Å². The van der Waals surface area contributed by atoms with Crippen LogP contribution in [0.5, 0.6) is 5.75 Å². The Morgan fingerprint density at radius 3 is 2.15 bits per heavy atom. The van der Waals surface area contributed by atoms with Gasteiger partial charge in [-0.05, 0) is 36.4 Å². The maximum atomic E-state index is 12.9. The van der Waals surface area contributed by atoms with Crippen LogP contribution in [0.15, 0.2) is 54.6 Å². The maximum Gasteiger partial charge on any atom is 0.251 e. The van der Waals surface area contributed by atoms with Crippen molar-refractivity contribution < 1.29 is 14.3 Å². The number of anilines is 2. The van der Waals surface area contributed by atoms with Crippen molar-refractivity contribution in [2.24, 2.45) is 0 Å². The van der Waals surface area contributed by atoms with Crippen LogP contribution in [0.2, 0.25) is 0 Å². The van der Waals surface area contributed by atoms with Crippen molar-refractivity contribution in [2.75, 3.05) is 43.1 Å². The van der Waals surface area contributed by atoms with Gasteiger partial charge in [0.25, 0.3) is 5.91 Å². The molecule has 2 aromatic carbocycles. The molecule has 0 unspecified atom stereocenters. The first-order chi connectivity index (χ1) is 13.2. The topological polar surface area (TPSA) is 53.1 Å². The van der Waals surface area contributed by atoms with Gasteiger partial charge < -0.3 is 9.64 Å². The van der Waals surface area contributed by atoms with Crippen molar-refractivity contribution >= 4 is 23.2 Å². The molecule has 2 saturated heterocycles. The second-order valence-corrected chi connectivity index (χ2v) is 6.84. The van der Waals surface area contributed by atoms with E-state index in [1.165, 1.54) is 4.90 Å². The predicted octanol–water partition coefficient (Wildman–Crippen LogP) is 2.15. The summed E-state index contributed by atoms with van der Waals surface area (Å²) in [6.07, 6.45) is 0.260. The van der Waals surface area contributed by atoms with Gasteiger partial charge in [-0.15, -0.1) is 0 Å². The van der Waals surface area contributed by atoms with E-state index in [0.29, 0.717) is 5.69 Å². The summed E-state index contributed by atoms with van der Waals surface area (Å²) in [6.45, 7) is 3.18. The number of hydrogen-bond acceptors (Lipinski definition) is 5. The lowest BCUT2D eigenvalue weighted by Crippen LogP contribution is -2.52. The van der Waals surface area contributed by atoms with Crippen LogP contribution >= 0.6 is 0 Å². The van der Waals surface area contributed by atoms with Crippen LogP contribution in [0.4, 0.5) is 11.4 Å². The Morgan fingerprint density at radius 2 is 1.52 bits per heavy atom. The molecule has 140 valence electrons. The molecule has 2 fully saturated rings. The summed E-state index contributed by atoms with van der Waals surface area (Å²) in [5.74, 6) is 0.617. The van der Waals surface area contributed by atoms with E-state index in [-0.39, 0.29) is 24.3 Å². The molecule has 6 heteroatoms. The van der Waals surface area contributed by atoms with E-state index < -0.39 is 0 Å². The van der Waals surface area contributed by atoms with Gasteiger partial charge in [0.2, 0.25) is 5.91 Å². The molecule has 0 aromatic heterocycles. The summed E-state index contributed by atoms with van der Waals surface area (Å²) in [7, 11) is 1.66. The van der Waals surface area contributed by atoms with E-state index in [9.17, 15) is 9.59 Å². The smallest absolute Gasteiger partial charge is 0.251 e. The zero-order chi connectivity index (χ0) is 18.8. The molecule has 2 aromatic rings. The van der Waals surface area contributed by atoms with Crippen LogP contribution < -0.4 is 14.5 Å². The lowest BCUT2D eigenvalue weighted by Gasteiger charge is -2.38. The number of imide groups is 1. The highest BCUT2D eigenvalue weighted by Gasteiger charge is 2.43. The Balaban J connectivity index is 1.41. The SMILES string of the molecule is COc1ccc(N2CCN([C@H]3CC(=O)N(c4ccccc4)C3=O)CC2)cc1. The number of hydrogen-bond donors (Lipinski definition) is 0. The quantitative estimate of drug-likeness (QED) is 0.777. The molecule has 0 aliphatic carbocycles. The minimum absolute atomic E-state index is 0.107. The Bertz CT molecular complexity index is 814. The number of benzene rings is 2. The van der Waals surface area contributed by atoms with Gasteiger partial charge in [-0.25, -0.2) is 4.90 Å². The average Bonchev–Trinajstić information content (AvgIpc) is 3.03. The van der Waals surface area contributed by atoms with Crippen molar-refractivity contribution in [2.45, 2.75) is 12.5 Å². The highest BCUT2D eigenvalue weighted by Crippen LogP contribution is 2.27. The molecule has 0 N–H and O–H groups in total. The van der Waals surface area contributed by atoms with Crippen LogP contribution in [0, 0.1) is 0 Å². The third-order valence-electron chi connectivity index (χ3n) is 5.33. The molecular weight excluding hydrogens is 342 g/mol. The van der Waals surface area contributed by atoms with Crippen molar-refractivity contribution in [1.82, 2.24) is 4.90 Å². The summed E-state index contributed by atoms with van der Waals surface area (Å²) in [6, 6.07) is 16.8. The van der Waals surface area contributed by atoms with Gasteiger partial charge in [-0.3, -0.25) is 14.5 Å². The number of amides is 2. The number of rotatable bonds is 4. The van der Waals surface area contributed by atoms with Crippen LogP contribution in [-0.2, 0) is 9.59 Å². The lowest BCUT2D eigenvalue weighted by atomic mass is 10.1. The number of piperazine rings is 1. The fourth-order valence-corrected chi connectivity index (χ4v) is 3.83. The highest BCUT2D eigenvalue weighted by atomic mass is 16.5. The first kappa shape index (κ1) is 17.5. The molecule has 0 saturated carbocycles. The average molecular weight is 365 g/mol. The van der Waals surface area contributed by atoms with Gasteiger partial charge in [0.15, 0.2) is 0 Å². The lowest BCUT2D eigenvalue weighted by molar-refractivity contribution is -0.123. The van der Waals surface area contributed by atoms with Gasteiger partial charge >= 0.3 is 0 Å². The molecule has 2 heterocycles. The Hall–Kier alpha value is -2.86. The molecular formula is C21H23N3O3. The first-order valence-corrected chi connectivity index (χ1v) is 9.22. The standard InChI is InChI=1S/C21H23N3O3/c1-27-18-9-7-16(8-10-18)22-11-13-23(14-12-22)19-15-20(25)24(21(19)26)17-5-3-2-4-6-17/h2-10,19H,11-15H2,1H3/t19-/m0/s1. The number of carbonyl (C=O) groups is 2. The molecule has 0 radical (unpaired) electrons. The Kier molecular flexibility index (Phi) is 4.81. The molecule has 1 atom stereocenters. The van der Waals surface area contributed by atoms with E-state index in [2.05, 4.69) is 21.9 Å². The number of carbonyl (C=O) groups excluding carboxylic acids is 2. The number of ether oxygens (including phenoxy) is 1.